The lowest BCUT2D eigenvalue weighted by molar-refractivity contribution is 0.573. The first kappa shape index (κ1) is 23.9. The number of benzene rings is 1. The molecule has 1 unspecified atom stereocenters. The first-order chi connectivity index (χ1) is 14.7. The Kier molecular flexibility index (Phi) is 9.07. The zero-order chi connectivity index (χ0) is 20.8. The zero-order valence-corrected chi connectivity index (χ0v) is 21.1. The lowest BCUT2D eigenvalue weighted by Crippen LogP contribution is -2.44. The number of aromatic nitrogens is 1. The van der Waals surface area contributed by atoms with E-state index in [0.717, 1.165) is 55.9 Å². The summed E-state index contributed by atoms with van der Waals surface area (Å²) in [6.07, 6.45) is 6.83. The van der Waals surface area contributed by atoms with E-state index >= 15 is 0 Å². The fourth-order valence-electron chi connectivity index (χ4n) is 4.23. The van der Waals surface area contributed by atoms with Crippen molar-refractivity contribution in [2.24, 2.45) is 4.99 Å². The highest BCUT2D eigenvalue weighted by atomic mass is 127. The summed E-state index contributed by atoms with van der Waals surface area (Å²) in [5, 5.41) is 7.81. The van der Waals surface area contributed by atoms with Crippen molar-refractivity contribution in [1.82, 2.24) is 15.6 Å². The molecule has 2 N–H and O–H groups in total. The molecule has 2 aromatic rings. The predicted molar refractivity (Wildman–Crippen MR) is 141 cm³/mol. The minimum atomic E-state index is 0. The third-order valence-electron chi connectivity index (χ3n) is 5.88. The van der Waals surface area contributed by atoms with E-state index in [1.54, 1.807) is 0 Å². The van der Waals surface area contributed by atoms with Crippen LogP contribution >= 0.6 is 35.6 Å². The second-order valence-corrected chi connectivity index (χ2v) is 8.49. The number of hydrogen-bond donors (Lipinski definition) is 2. The van der Waals surface area contributed by atoms with Gasteiger partial charge >= 0.3 is 0 Å². The Morgan fingerprint density at radius 2 is 1.97 bits per heavy atom. The lowest BCUT2D eigenvalue weighted by Gasteiger charge is -2.28. The maximum absolute atomic E-state index is 6.15. The van der Waals surface area contributed by atoms with E-state index in [-0.39, 0.29) is 24.0 Å². The smallest absolute Gasteiger partial charge is 0.191 e. The highest BCUT2D eigenvalue weighted by molar-refractivity contribution is 14.0. The number of aliphatic imine (C=N–C) groups is 1. The van der Waals surface area contributed by atoms with Gasteiger partial charge in [-0.1, -0.05) is 17.7 Å². The van der Waals surface area contributed by atoms with Gasteiger partial charge in [-0.2, -0.15) is 0 Å². The second-order valence-electron chi connectivity index (χ2n) is 8.05. The van der Waals surface area contributed by atoms with Crippen LogP contribution in [0.15, 0.2) is 47.6 Å². The summed E-state index contributed by atoms with van der Waals surface area (Å²) in [5.41, 5.74) is 2.40. The van der Waals surface area contributed by atoms with Gasteiger partial charge in [-0.15, -0.1) is 24.0 Å². The SMILES string of the molecule is CN=C(NCc1ccnc(N2CCCCC2)c1)NC1CCN(c2cccc(Cl)c2)C1.I. The van der Waals surface area contributed by atoms with Crippen molar-refractivity contribution in [2.75, 3.05) is 43.0 Å². The van der Waals surface area contributed by atoms with Crippen LogP contribution in [0.1, 0.15) is 31.2 Å². The van der Waals surface area contributed by atoms with Crippen molar-refractivity contribution < 1.29 is 0 Å². The van der Waals surface area contributed by atoms with Gasteiger partial charge in [0.1, 0.15) is 5.82 Å². The van der Waals surface area contributed by atoms with E-state index in [1.807, 2.05) is 31.4 Å². The number of piperidine rings is 1. The third kappa shape index (κ3) is 6.62. The molecular formula is C23H32ClIN6. The van der Waals surface area contributed by atoms with Crippen LogP contribution < -0.4 is 20.4 Å². The molecule has 0 amide bonds. The van der Waals surface area contributed by atoms with Gasteiger partial charge in [0.15, 0.2) is 5.96 Å². The molecule has 4 rings (SSSR count). The van der Waals surface area contributed by atoms with Gasteiger partial charge in [0, 0.05) is 62.7 Å². The summed E-state index contributed by atoms with van der Waals surface area (Å²) in [4.78, 5) is 13.8. The van der Waals surface area contributed by atoms with E-state index < -0.39 is 0 Å². The number of anilines is 2. The summed E-state index contributed by atoms with van der Waals surface area (Å²) in [6, 6.07) is 12.7. The maximum Gasteiger partial charge on any atom is 0.191 e. The van der Waals surface area contributed by atoms with E-state index in [4.69, 9.17) is 11.6 Å². The molecule has 3 heterocycles. The first-order valence-corrected chi connectivity index (χ1v) is 11.3. The van der Waals surface area contributed by atoms with Gasteiger partial charge < -0.3 is 20.4 Å². The van der Waals surface area contributed by atoms with E-state index in [2.05, 4.69) is 48.6 Å². The maximum atomic E-state index is 6.15. The molecule has 2 saturated heterocycles. The normalized spacial score (nSPS) is 19.2. The molecule has 8 heteroatoms. The number of nitrogens with one attached hydrogen (secondary N) is 2. The molecule has 168 valence electrons. The number of pyridine rings is 1. The molecule has 0 bridgehead atoms. The van der Waals surface area contributed by atoms with Gasteiger partial charge in [0.25, 0.3) is 0 Å². The summed E-state index contributed by atoms with van der Waals surface area (Å²) in [7, 11) is 1.82. The Morgan fingerprint density at radius 3 is 2.74 bits per heavy atom. The van der Waals surface area contributed by atoms with Crippen molar-refractivity contribution in [2.45, 2.75) is 38.3 Å². The van der Waals surface area contributed by atoms with Crippen LogP contribution in [0.2, 0.25) is 5.02 Å². The van der Waals surface area contributed by atoms with Gasteiger partial charge in [-0.3, -0.25) is 4.99 Å². The minimum absolute atomic E-state index is 0. The average Bonchev–Trinajstić information content (AvgIpc) is 3.26. The molecule has 6 nitrogen and oxygen atoms in total. The van der Waals surface area contributed by atoms with Crippen LogP contribution in [0.25, 0.3) is 0 Å². The Morgan fingerprint density at radius 1 is 1.13 bits per heavy atom. The zero-order valence-electron chi connectivity index (χ0n) is 18.1. The number of halogens is 2. The summed E-state index contributed by atoms with van der Waals surface area (Å²) in [5.74, 6) is 1.93. The van der Waals surface area contributed by atoms with Crippen molar-refractivity contribution in [1.29, 1.82) is 0 Å². The molecule has 1 aromatic carbocycles. The van der Waals surface area contributed by atoms with Gasteiger partial charge in [0.2, 0.25) is 0 Å². The molecule has 0 radical (unpaired) electrons. The van der Waals surface area contributed by atoms with Gasteiger partial charge in [-0.25, -0.2) is 4.98 Å². The van der Waals surface area contributed by atoms with Gasteiger partial charge in [-0.05, 0) is 61.6 Å². The summed E-state index contributed by atoms with van der Waals surface area (Å²) >= 11 is 6.15. The predicted octanol–water partition coefficient (Wildman–Crippen LogP) is 4.29. The monoisotopic (exact) mass is 554 g/mol. The minimum Gasteiger partial charge on any atom is -0.369 e. The fourth-order valence-corrected chi connectivity index (χ4v) is 4.41. The average molecular weight is 555 g/mol. The quantitative estimate of drug-likeness (QED) is 0.328. The Bertz CT molecular complexity index is 871. The van der Waals surface area contributed by atoms with Crippen LogP contribution in [-0.4, -0.2) is 50.2 Å². The van der Waals surface area contributed by atoms with Gasteiger partial charge in [0.05, 0.1) is 0 Å². The van der Waals surface area contributed by atoms with Crippen LogP contribution in [0.3, 0.4) is 0 Å². The molecule has 0 saturated carbocycles. The van der Waals surface area contributed by atoms with Crippen molar-refractivity contribution in [3.05, 3.63) is 53.2 Å². The second kappa shape index (κ2) is 11.8. The van der Waals surface area contributed by atoms with E-state index in [1.165, 1.54) is 30.5 Å². The van der Waals surface area contributed by atoms with Crippen LogP contribution in [0.5, 0.6) is 0 Å². The molecule has 1 aromatic heterocycles. The molecule has 0 aliphatic carbocycles. The van der Waals surface area contributed by atoms with E-state index in [9.17, 15) is 0 Å². The lowest BCUT2D eigenvalue weighted by atomic mass is 10.1. The Labute approximate surface area is 207 Å². The van der Waals surface area contributed by atoms with Crippen molar-refractivity contribution >= 4 is 53.0 Å². The van der Waals surface area contributed by atoms with Crippen molar-refractivity contribution in [3.8, 4) is 0 Å². The summed E-state index contributed by atoms with van der Waals surface area (Å²) < 4.78 is 0. The standard InChI is InChI=1S/C23H31ClN6.HI/c1-25-23(28-20-9-13-30(17-20)21-7-5-6-19(24)15-21)27-16-18-8-10-26-22(14-18)29-11-3-2-4-12-29;/h5-8,10,14-15,20H,2-4,9,11-13,16-17H2,1H3,(H2,25,27,28);1H. The number of rotatable bonds is 5. The number of hydrogen-bond acceptors (Lipinski definition) is 4. The molecular weight excluding hydrogens is 523 g/mol. The number of guanidine groups is 1. The molecule has 2 aliphatic rings. The Balaban J connectivity index is 0.00000272. The highest BCUT2D eigenvalue weighted by Crippen LogP contribution is 2.23. The van der Waals surface area contributed by atoms with Crippen LogP contribution in [0.4, 0.5) is 11.5 Å². The third-order valence-corrected chi connectivity index (χ3v) is 6.11. The highest BCUT2D eigenvalue weighted by Gasteiger charge is 2.23. The van der Waals surface area contributed by atoms with Crippen molar-refractivity contribution in [3.63, 3.8) is 0 Å². The Hall–Kier alpha value is -1.74. The molecule has 2 aliphatic heterocycles. The van der Waals surface area contributed by atoms with Crippen LogP contribution in [0, 0.1) is 0 Å². The van der Waals surface area contributed by atoms with Crippen LogP contribution in [-0.2, 0) is 6.54 Å². The molecule has 2 fully saturated rings. The number of nitrogens with zero attached hydrogens (tertiary/aromatic N) is 4. The summed E-state index contributed by atoms with van der Waals surface area (Å²) in [6.45, 7) is 4.90. The largest absolute Gasteiger partial charge is 0.369 e. The topological polar surface area (TPSA) is 55.8 Å². The molecule has 31 heavy (non-hydrogen) atoms. The molecule has 1 atom stereocenters. The molecule has 0 spiro atoms. The first-order valence-electron chi connectivity index (χ1n) is 10.9. The fraction of sp³-hybridized carbons (Fsp3) is 0.478. The van der Waals surface area contributed by atoms with E-state index in [0.29, 0.717) is 6.04 Å².